The Bertz CT molecular complexity index is 768. The van der Waals surface area contributed by atoms with Crippen molar-refractivity contribution >= 4 is 29.0 Å². The van der Waals surface area contributed by atoms with Gasteiger partial charge in [0.25, 0.3) is 0 Å². The molecule has 0 saturated carbocycles. The number of carbonyl (C=O) groups excluding carboxylic acids is 1. The lowest BCUT2D eigenvalue weighted by Crippen LogP contribution is -2.42. The predicted octanol–water partition coefficient (Wildman–Crippen LogP) is 3.66. The van der Waals surface area contributed by atoms with E-state index in [9.17, 15) is 4.79 Å². The number of aromatic nitrogens is 1. The van der Waals surface area contributed by atoms with Crippen molar-refractivity contribution in [3.8, 4) is 0 Å². The summed E-state index contributed by atoms with van der Waals surface area (Å²) in [6, 6.07) is 4.02. The van der Waals surface area contributed by atoms with Gasteiger partial charge in [-0.25, -0.2) is 4.79 Å². The molecule has 0 N–H and O–H groups in total. The third-order valence-electron chi connectivity index (χ3n) is 4.71. The molecule has 0 bridgehead atoms. The fourth-order valence-electron chi connectivity index (χ4n) is 3.59. The number of amides is 2. The van der Waals surface area contributed by atoms with Crippen LogP contribution in [0.25, 0.3) is 0 Å². The molecule has 4 rings (SSSR count). The van der Waals surface area contributed by atoms with Crippen LogP contribution in [-0.4, -0.2) is 39.6 Å². The van der Waals surface area contributed by atoms with Gasteiger partial charge in [0.2, 0.25) is 0 Å². The monoisotopic (exact) mass is 340 g/mol. The van der Waals surface area contributed by atoms with Crippen LogP contribution >= 0.6 is 11.8 Å². The fraction of sp³-hybridized carbons (Fsp3) is 0.389. The zero-order valence-electron chi connectivity index (χ0n) is 14.0. The van der Waals surface area contributed by atoms with Gasteiger partial charge in [0, 0.05) is 22.7 Å². The number of fused-ring (bicyclic) bond motifs is 1. The average Bonchev–Trinajstić information content (AvgIpc) is 3.11. The Morgan fingerprint density at radius 1 is 1.38 bits per heavy atom. The van der Waals surface area contributed by atoms with Crippen LogP contribution in [0.15, 0.2) is 52.3 Å². The van der Waals surface area contributed by atoms with Gasteiger partial charge >= 0.3 is 6.03 Å². The quantitative estimate of drug-likeness (QED) is 0.825. The van der Waals surface area contributed by atoms with Crippen molar-refractivity contribution in [2.45, 2.75) is 32.4 Å². The van der Waals surface area contributed by atoms with Gasteiger partial charge in [-0.05, 0) is 32.1 Å². The fourth-order valence-corrected chi connectivity index (χ4v) is 4.51. The zero-order chi connectivity index (χ0) is 16.9. The molecule has 2 atom stereocenters. The molecule has 1 aromatic rings. The first-order chi connectivity index (χ1) is 11.5. The molecule has 6 heteroatoms. The highest BCUT2D eigenvalue weighted by Gasteiger charge is 2.46. The average molecular weight is 340 g/mol. The minimum Gasteiger partial charge on any atom is -0.292 e. The molecule has 0 radical (unpaired) electrons. The third kappa shape index (κ3) is 2.36. The Morgan fingerprint density at radius 3 is 2.96 bits per heavy atom. The second kappa shape index (κ2) is 5.48. The van der Waals surface area contributed by atoms with Crippen LogP contribution in [0.2, 0.25) is 0 Å². The van der Waals surface area contributed by atoms with Crippen molar-refractivity contribution in [1.29, 1.82) is 0 Å². The summed E-state index contributed by atoms with van der Waals surface area (Å²) in [4.78, 5) is 26.8. The summed E-state index contributed by atoms with van der Waals surface area (Å²) in [6.45, 7) is 6.99. The smallest absolute Gasteiger partial charge is 0.292 e. The molecule has 1 aromatic heterocycles. The predicted molar refractivity (Wildman–Crippen MR) is 98.1 cm³/mol. The molecule has 2 unspecified atom stereocenters. The lowest BCUT2D eigenvalue weighted by molar-refractivity contribution is 0.231. The molecule has 0 aromatic carbocycles. The summed E-state index contributed by atoms with van der Waals surface area (Å²) in [5, 5.41) is 0. The van der Waals surface area contributed by atoms with E-state index in [4.69, 9.17) is 0 Å². The van der Waals surface area contributed by atoms with Crippen molar-refractivity contribution in [3.63, 3.8) is 0 Å². The summed E-state index contributed by atoms with van der Waals surface area (Å²) in [5.41, 5.74) is 3.43. The molecule has 24 heavy (non-hydrogen) atoms. The first-order valence-electron chi connectivity index (χ1n) is 8.11. The number of rotatable bonds is 2. The summed E-state index contributed by atoms with van der Waals surface area (Å²) in [5.74, 6) is 0.301. The molecule has 1 saturated heterocycles. The maximum Gasteiger partial charge on any atom is 0.329 e. The van der Waals surface area contributed by atoms with Gasteiger partial charge < -0.3 is 0 Å². The zero-order valence-corrected chi connectivity index (χ0v) is 14.8. The molecule has 0 spiro atoms. The summed E-state index contributed by atoms with van der Waals surface area (Å²) in [7, 11) is 0. The van der Waals surface area contributed by atoms with E-state index < -0.39 is 0 Å². The van der Waals surface area contributed by atoms with Crippen LogP contribution in [-0.2, 0) is 0 Å². The highest BCUT2D eigenvalue weighted by molar-refractivity contribution is 8.15. The molecule has 2 amide bonds. The number of aliphatic imine (C=N–C) groups is 1. The maximum absolute atomic E-state index is 13.1. The number of carbonyl (C=O) groups is 1. The van der Waals surface area contributed by atoms with Gasteiger partial charge in [0.1, 0.15) is 0 Å². The second-order valence-corrected chi connectivity index (χ2v) is 7.96. The third-order valence-corrected chi connectivity index (χ3v) is 5.57. The molecule has 124 valence electrons. The number of hydrogen-bond donors (Lipinski definition) is 0. The molecule has 3 heterocycles. The van der Waals surface area contributed by atoms with Crippen LogP contribution in [0.3, 0.4) is 0 Å². The number of nitrogens with zero attached hydrogens (tertiary/aromatic N) is 4. The van der Waals surface area contributed by atoms with Crippen LogP contribution < -0.4 is 4.90 Å². The van der Waals surface area contributed by atoms with E-state index in [-0.39, 0.29) is 17.6 Å². The highest BCUT2D eigenvalue weighted by atomic mass is 32.2. The summed E-state index contributed by atoms with van der Waals surface area (Å²) < 4.78 is 0. The van der Waals surface area contributed by atoms with E-state index in [0.29, 0.717) is 12.5 Å². The van der Waals surface area contributed by atoms with Crippen molar-refractivity contribution in [3.05, 3.63) is 47.3 Å². The Kier molecular flexibility index (Phi) is 3.53. The number of hydrogen-bond acceptors (Lipinski definition) is 4. The number of allylic oxidation sites excluding steroid dienone is 1. The van der Waals surface area contributed by atoms with Crippen LogP contribution in [0.4, 0.5) is 10.5 Å². The van der Waals surface area contributed by atoms with Gasteiger partial charge in [-0.15, -0.1) is 0 Å². The van der Waals surface area contributed by atoms with E-state index in [1.165, 1.54) is 4.91 Å². The van der Waals surface area contributed by atoms with Crippen molar-refractivity contribution in [2.24, 2.45) is 10.9 Å². The van der Waals surface area contributed by atoms with E-state index in [1.54, 1.807) is 24.2 Å². The molecule has 3 aliphatic rings. The topological polar surface area (TPSA) is 48.8 Å². The largest absolute Gasteiger partial charge is 0.329 e. The molecule has 5 nitrogen and oxygen atoms in total. The van der Waals surface area contributed by atoms with Gasteiger partial charge in [-0.3, -0.25) is 19.8 Å². The van der Waals surface area contributed by atoms with Crippen molar-refractivity contribution in [1.82, 2.24) is 9.88 Å². The van der Waals surface area contributed by atoms with Crippen LogP contribution in [0.1, 0.15) is 20.8 Å². The molecule has 2 aliphatic heterocycles. The SMILES string of the molecule is CC1C=C(N2CC(C)(C)N(c3cccnc3)C2=O)C=C2SC=NC21. The highest BCUT2D eigenvalue weighted by Crippen LogP contribution is 2.40. The first-order valence-corrected chi connectivity index (χ1v) is 8.99. The van der Waals surface area contributed by atoms with Gasteiger partial charge in [0.15, 0.2) is 0 Å². The normalized spacial score (nSPS) is 28.0. The Labute approximate surface area is 146 Å². The van der Waals surface area contributed by atoms with Crippen molar-refractivity contribution < 1.29 is 4.79 Å². The molecule has 1 aliphatic carbocycles. The van der Waals surface area contributed by atoms with Crippen molar-refractivity contribution in [2.75, 3.05) is 11.4 Å². The summed E-state index contributed by atoms with van der Waals surface area (Å²) >= 11 is 1.66. The minimum atomic E-state index is -0.293. The lowest BCUT2D eigenvalue weighted by Gasteiger charge is -2.29. The molecular formula is C18H20N4OS. The van der Waals surface area contributed by atoms with E-state index in [1.807, 2.05) is 27.5 Å². The van der Waals surface area contributed by atoms with E-state index >= 15 is 0 Å². The molecule has 1 fully saturated rings. The Morgan fingerprint density at radius 2 is 2.21 bits per heavy atom. The Hall–Kier alpha value is -2.08. The van der Waals surface area contributed by atoms with Gasteiger partial charge in [-0.1, -0.05) is 24.8 Å². The van der Waals surface area contributed by atoms with Crippen LogP contribution in [0.5, 0.6) is 0 Å². The number of pyridine rings is 1. The Balaban J connectivity index is 1.68. The number of thioether (sulfide) groups is 1. The molecular weight excluding hydrogens is 320 g/mol. The lowest BCUT2D eigenvalue weighted by atomic mass is 9.95. The number of anilines is 1. The second-order valence-electron chi connectivity index (χ2n) is 7.04. The standard InChI is InChI=1S/C18H20N4OS/c1-12-7-14(8-15-16(12)20-11-24-15)21-10-18(2,3)22(17(21)23)13-5-4-6-19-9-13/h4-9,11-12,16H,10H2,1-3H3. The van der Waals surface area contributed by atoms with Gasteiger partial charge in [0.05, 0.1) is 35.6 Å². The van der Waals surface area contributed by atoms with E-state index in [2.05, 4.69) is 42.9 Å². The maximum atomic E-state index is 13.1. The van der Waals surface area contributed by atoms with Crippen LogP contribution in [0, 0.1) is 5.92 Å². The van der Waals surface area contributed by atoms with E-state index in [0.717, 1.165) is 11.4 Å². The summed E-state index contributed by atoms with van der Waals surface area (Å²) in [6.07, 6.45) is 7.75. The first kappa shape index (κ1) is 15.4. The minimum absolute atomic E-state index is 0.00525. The number of urea groups is 1. The van der Waals surface area contributed by atoms with Gasteiger partial charge in [-0.2, -0.15) is 0 Å².